The van der Waals surface area contributed by atoms with Crippen LogP contribution in [0, 0.1) is 5.41 Å². The predicted molar refractivity (Wildman–Crippen MR) is 143 cm³/mol. The summed E-state index contributed by atoms with van der Waals surface area (Å²) in [6.07, 6.45) is 3.10. The zero-order valence-corrected chi connectivity index (χ0v) is 22.3. The Morgan fingerprint density at radius 1 is 1.03 bits per heavy atom. The van der Waals surface area contributed by atoms with Crippen LogP contribution >= 0.6 is 0 Å². The van der Waals surface area contributed by atoms with Crippen molar-refractivity contribution in [1.82, 2.24) is 5.32 Å². The van der Waals surface area contributed by atoms with E-state index in [9.17, 15) is 22.8 Å². The van der Waals surface area contributed by atoms with Gasteiger partial charge in [0.05, 0.1) is 22.4 Å². The highest BCUT2D eigenvalue weighted by atomic mass is 19.4. The molecule has 2 aliphatic carbocycles. The number of halogens is 3. The van der Waals surface area contributed by atoms with Gasteiger partial charge in [0.2, 0.25) is 0 Å². The number of nitrogens with one attached hydrogen (secondary N) is 1. The van der Waals surface area contributed by atoms with Gasteiger partial charge >= 0.3 is 6.18 Å². The molecule has 0 atom stereocenters. The lowest BCUT2D eigenvalue weighted by atomic mass is 9.78. The van der Waals surface area contributed by atoms with Gasteiger partial charge in [-0.3, -0.25) is 9.59 Å². The summed E-state index contributed by atoms with van der Waals surface area (Å²) in [7, 11) is 0. The Hall–Kier alpha value is -3.36. The van der Waals surface area contributed by atoms with Crippen molar-refractivity contribution in [3.8, 4) is 5.75 Å². The first-order valence-electron chi connectivity index (χ1n) is 13.7. The Morgan fingerprint density at radius 3 is 2.26 bits per heavy atom. The van der Waals surface area contributed by atoms with Crippen LogP contribution in [-0.4, -0.2) is 29.2 Å². The molecule has 2 saturated carbocycles. The number of carbonyl (C=O) groups excluding carboxylic acids is 2. The summed E-state index contributed by atoms with van der Waals surface area (Å²) in [5, 5.41) is 8.93. The lowest BCUT2D eigenvalue weighted by Crippen LogP contribution is -2.47. The zero-order chi connectivity index (χ0) is 27.8. The minimum atomic E-state index is -4.43. The summed E-state index contributed by atoms with van der Waals surface area (Å²) in [5.74, 6) is 0.370. The molecule has 2 aromatic carbocycles. The first-order chi connectivity index (χ1) is 18.5. The number of anilines is 1. The van der Waals surface area contributed by atoms with Crippen molar-refractivity contribution in [3.05, 3.63) is 59.7 Å². The molecular formula is C30H34F3N3O3. The molecule has 0 radical (unpaired) electrons. The molecule has 5 rings (SSSR count). The van der Waals surface area contributed by atoms with E-state index in [0.717, 1.165) is 74.8 Å². The van der Waals surface area contributed by atoms with E-state index in [1.807, 2.05) is 24.3 Å². The van der Waals surface area contributed by atoms with Crippen LogP contribution in [0.25, 0.3) is 0 Å². The Balaban J connectivity index is 1.21. The highest BCUT2D eigenvalue weighted by Gasteiger charge is 2.52. The molecular weight excluding hydrogens is 507 g/mol. The fourth-order valence-corrected chi connectivity index (χ4v) is 5.44. The van der Waals surface area contributed by atoms with Gasteiger partial charge in [-0.1, -0.05) is 25.0 Å². The van der Waals surface area contributed by atoms with Gasteiger partial charge in [-0.25, -0.2) is 0 Å². The molecule has 2 aromatic rings. The highest BCUT2D eigenvalue weighted by Crippen LogP contribution is 2.47. The van der Waals surface area contributed by atoms with Crippen LogP contribution in [-0.2, 0) is 22.2 Å². The number of ether oxygens (including phenoxy) is 1. The van der Waals surface area contributed by atoms with Gasteiger partial charge in [0.25, 0.3) is 11.8 Å². The van der Waals surface area contributed by atoms with Gasteiger partial charge in [-0.2, -0.15) is 23.3 Å². The van der Waals surface area contributed by atoms with Crippen molar-refractivity contribution in [2.45, 2.75) is 89.5 Å². The Kier molecular flexibility index (Phi) is 7.20. The SMILES string of the molecule is CC(C)(Oc1ccc(CCCC2=NN(c3ccc(C(F)(F)F)cc3)C(=O)C23CCCC3)cc1)C(=O)NC1CC1. The molecule has 0 aromatic heterocycles. The second-order valence-electron chi connectivity index (χ2n) is 11.4. The monoisotopic (exact) mass is 541 g/mol. The van der Waals surface area contributed by atoms with Gasteiger partial charge in [-0.15, -0.1) is 0 Å². The molecule has 1 spiro atoms. The van der Waals surface area contributed by atoms with Gasteiger partial charge < -0.3 is 10.1 Å². The van der Waals surface area contributed by atoms with Crippen molar-refractivity contribution in [1.29, 1.82) is 0 Å². The number of benzene rings is 2. The number of rotatable bonds is 9. The molecule has 0 saturated heterocycles. The van der Waals surface area contributed by atoms with E-state index in [1.165, 1.54) is 17.1 Å². The van der Waals surface area contributed by atoms with Crippen molar-refractivity contribution in [2.75, 3.05) is 5.01 Å². The van der Waals surface area contributed by atoms with Crippen LogP contribution in [0.5, 0.6) is 5.75 Å². The Bertz CT molecular complexity index is 1240. The predicted octanol–water partition coefficient (Wildman–Crippen LogP) is 6.43. The fourth-order valence-electron chi connectivity index (χ4n) is 5.44. The summed E-state index contributed by atoms with van der Waals surface area (Å²) in [5.41, 5.74) is -0.0719. The minimum absolute atomic E-state index is 0.118. The number of carbonyl (C=O) groups is 2. The molecule has 9 heteroatoms. The average Bonchev–Trinajstić information content (AvgIpc) is 3.49. The summed E-state index contributed by atoms with van der Waals surface area (Å²) in [6.45, 7) is 3.52. The van der Waals surface area contributed by atoms with E-state index in [1.54, 1.807) is 13.8 Å². The standard InChI is InChI=1S/C30H34F3N3O3/c1-28(2,26(37)34-22-12-13-22)39-24-16-8-20(9-17-24)6-5-7-25-29(18-3-4-19-29)27(38)36(35-25)23-14-10-21(11-15-23)30(31,32)33/h8-11,14-17,22H,3-7,12-13,18-19H2,1-2H3,(H,34,37). The third-order valence-corrected chi connectivity index (χ3v) is 7.91. The molecule has 1 N–H and O–H groups in total. The lowest BCUT2D eigenvalue weighted by molar-refractivity contribution is -0.137. The summed E-state index contributed by atoms with van der Waals surface area (Å²) < 4.78 is 44.9. The third kappa shape index (κ3) is 5.82. The first kappa shape index (κ1) is 27.2. The van der Waals surface area contributed by atoms with E-state index >= 15 is 0 Å². The Labute approximate surface area is 226 Å². The Morgan fingerprint density at radius 2 is 1.67 bits per heavy atom. The molecule has 208 valence electrons. The molecule has 0 unspecified atom stereocenters. The van der Waals surface area contributed by atoms with E-state index in [4.69, 9.17) is 4.74 Å². The highest BCUT2D eigenvalue weighted by molar-refractivity contribution is 6.19. The molecule has 2 amide bonds. The van der Waals surface area contributed by atoms with E-state index in [2.05, 4.69) is 10.4 Å². The van der Waals surface area contributed by atoms with Crippen molar-refractivity contribution in [3.63, 3.8) is 0 Å². The van der Waals surface area contributed by atoms with E-state index in [-0.39, 0.29) is 17.9 Å². The van der Waals surface area contributed by atoms with Gasteiger partial charge in [0.1, 0.15) is 5.75 Å². The molecule has 39 heavy (non-hydrogen) atoms. The second-order valence-corrected chi connectivity index (χ2v) is 11.4. The van der Waals surface area contributed by atoms with Crippen LogP contribution < -0.4 is 15.1 Å². The molecule has 3 aliphatic rings. The quantitative estimate of drug-likeness (QED) is 0.398. The molecule has 6 nitrogen and oxygen atoms in total. The van der Waals surface area contributed by atoms with E-state index in [0.29, 0.717) is 17.9 Å². The molecule has 1 heterocycles. The first-order valence-corrected chi connectivity index (χ1v) is 13.7. The molecule has 2 fully saturated rings. The van der Waals surface area contributed by atoms with E-state index < -0.39 is 22.8 Å². The van der Waals surface area contributed by atoms with Crippen molar-refractivity contribution >= 4 is 23.2 Å². The van der Waals surface area contributed by atoms with Gasteiger partial charge in [0.15, 0.2) is 5.60 Å². The molecule has 1 aliphatic heterocycles. The fraction of sp³-hybridized carbons (Fsp3) is 0.500. The largest absolute Gasteiger partial charge is 0.478 e. The number of aryl methyl sites for hydroxylation is 1. The summed E-state index contributed by atoms with van der Waals surface area (Å²) in [4.78, 5) is 25.9. The minimum Gasteiger partial charge on any atom is -0.478 e. The molecule has 0 bridgehead atoms. The summed E-state index contributed by atoms with van der Waals surface area (Å²) >= 11 is 0. The smallest absolute Gasteiger partial charge is 0.416 e. The number of alkyl halides is 3. The number of hydrogen-bond acceptors (Lipinski definition) is 4. The maximum atomic E-state index is 13.5. The van der Waals surface area contributed by atoms with Gasteiger partial charge in [-0.05, 0) is 101 Å². The van der Waals surface area contributed by atoms with Crippen LogP contribution in [0.4, 0.5) is 18.9 Å². The van der Waals surface area contributed by atoms with Crippen LogP contribution in [0.15, 0.2) is 53.6 Å². The number of hydrogen-bond donors (Lipinski definition) is 1. The van der Waals surface area contributed by atoms with Crippen LogP contribution in [0.2, 0.25) is 0 Å². The maximum absolute atomic E-state index is 13.5. The van der Waals surface area contributed by atoms with Crippen LogP contribution in [0.3, 0.4) is 0 Å². The summed E-state index contributed by atoms with van der Waals surface area (Å²) in [6, 6.07) is 12.6. The number of nitrogens with zero attached hydrogens (tertiary/aromatic N) is 2. The second kappa shape index (κ2) is 10.3. The average molecular weight is 542 g/mol. The van der Waals surface area contributed by atoms with Crippen molar-refractivity contribution < 1.29 is 27.5 Å². The van der Waals surface area contributed by atoms with Crippen molar-refractivity contribution in [2.24, 2.45) is 10.5 Å². The zero-order valence-electron chi connectivity index (χ0n) is 22.3. The maximum Gasteiger partial charge on any atom is 0.416 e. The van der Waals surface area contributed by atoms with Crippen LogP contribution in [0.1, 0.15) is 76.3 Å². The van der Waals surface area contributed by atoms with Gasteiger partial charge in [0, 0.05) is 6.04 Å². The number of hydrazone groups is 1. The third-order valence-electron chi connectivity index (χ3n) is 7.91. The normalized spacial score (nSPS) is 18.9. The lowest BCUT2D eigenvalue weighted by Gasteiger charge is -2.25. The number of amides is 2. The topological polar surface area (TPSA) is 71.0 Å².